The van der Waals surface area contributed by atoms with Crippen LogP contribution in [0.25, 0.3) is 22.2 Å². The van der Waals surface area contributed by atoms with E-state index in [1.165, 1.54) is 7.11 Å². The molecule has 0 unspecified atom stereocenters. The summed E-state index contributed by atoms with van der Waals surface area (Å²) >= 11 is 0. The molecule has 1 fully saturated rings. The highest BCUT2D eigenvalue weighted by molar-refractivity contribution is 5.89. The van der Waals surface area contributed by atoms with Crippen molar-refractivity contribution in [2.45, 2.75) is 56.4 Å². The van der Waals surface area contributed by atoms with Gasteiger partial charge in [0.1, 0.15) is 17.1 Å². The van der Waals surface area contributed by atoms with Crippen LogP contribution in [-0.4, -0.2) is 77.4 Å². The molecule has 0 bridgehead atoms. The number of allylic oxidation sites excluding steroid dienone is 2. The molecule has 13 heteroatoms. The summed E-state index contributed by atoms with van der Waals surface area (Å²) in [7, 11) is 1.31. The number of benzene rings is 3. The third-order valence-corrected chi connectivity index (χ3v) is 8.85. The number of aliphatic hydroxyl groups is 1. The molecule has 3 aromatic carbocycles. The van der Waals surface area contributed by atoms with Crippen molar-refractivity contribution in [1.29, 1.82) is 0 Å². The van der Waals surface area contributed by atoms with Gasteiger partial charge >= 0.3 is 17.9 Å². The van der Waals surface area contributed by atoms with E-state index in [1.54, 1.807) is 66.7 Å². The van der Waals surface area contributed by atoms with Gasteiger partial charge in [0.15, 0.2) is 47.5 Å². The standard InChI is InChI=1S/C40H40N2O11/c1-4-13-25(21-32-41-27-17-9-11-19-29(27)48-32)38(45)52-35-34(51-37(44)24-15-7-6-8-16-24)31(23-43)50-40(47-3)36(35)53-39(46)26(14-5-2)22-33-42-28-18-10-12-20-30(28)49-33/h4-12,15-20,25-26,31,34-36,40,43H,1-2,13-14,21-23H2,3H3/t25-,26-,31-,34-,35+,36-,40+/m1/s1. The minimum absolute atomic E-state index is 0.0464. The van der Waals surface area contributed by atoms with E-state index in [9.17, 15) is 19.5 Å². The number of para-hydroxylation sites is 4. The van der Waals surface area contributed by atoms with E-state index in [0.29, 0.717) is 34.0 Å². The van der Waals surface area contributed by atoms with Gasteiger partial charge in [0.25, 0.3) is 0 Å². The van der Waals surface area contributed by atoms with Gasteiger partial charge in [-0.1, -0.05) is 54.6 Å². The number of carbonyl (C=O) groups is 3. The minimum atomic E-state index is -1.50. The Hall–Kier alpha value is -5.63. The predicted molar refractivity (Wildman–Crippen MR) is 190 cm³/mol. The summed E-state index contributed by atoms with van der Waals surface area (Å²) in [6.45, 7) is 6.94. The third kappa shape index (κ3) is 8.71. The Morgan fingerprint density at radius 1 is 0.736 bits per heavy atom. The summed E-state index contributed by atoms with van der Waals surface area (Å²) in [5.74, 6) is -3.34. The lowest BCUT2D eigenvalue weighted by molar-refractivity contribution is -0.301. The second-order valence-corrected chi connectivity index (χ2v) is 12.5. The molecule has 5 aromatic rings. The van der Waals surface area contributed by atoms with E-state index in [-0.39, 0.29) is 31.2 Å². The minimum Gasteiger partial charge on any atom is -0.454 e. The number of fused-ring (bicyclic) bond motifs is 2. The van der Waals surface area contributed by atoms with Crippen LogP contribution < -0.4 is 0 Å². The van der Waals surface area contributed by atoms with Gasteiger partial charge in [-0.3, -0.25) is 9.59 Å². The molecule has 2 aromatic heterocycles. The summed E-state index contributed by atoms with van der Waals surface area (Å²) < 4.78 is 41.4. The first-order valence-corrected chi connectivity index (χ1v) is 17.2. The lowest BCUT2D eigenvalue weighted by Crippen LogP contribution is -2.63. The van der Waals surface area contributed by atoms with Crippen molar-refractivity contribution in [3.8, 4) is 0 Å². The molecule has 1 aliphatic heterocycles. The zero-order valence-electron chi connectivity index (χ0n) is 29.1. The van der Waals surface area contributed by atoms with E-state index < -0.39 is 67.1 Å². The second-order valence-electron chi connectivity index (χ2n) is 12.5. The van der Waals surface area contributed by atoms with Crippen LogP contribution in [0, 0.1) is 11.8 Å². The molecule has 3 heterocycles. The number of rotatable bonds is 16. The maximum atomic E-state index is 14.1. The first-order valence-electron chi connectivity index (χ1n) is 17.2. The number of aliphatic hydroxyl groups excluding tert-OH is 1. The molecule has 13 nitrogen and oxygen atoms in total. The molecular weight excluding hydrogens is 684 g/mol. The van der Waals surface area contributed by atoms with Gasteiger partial charge in [0.05, 0.1) is 24.0 Å². The molecule has 7 atom stereocenters. The molecule has 0 radical (unpaired) electrons. The molecule has 1 aliphatic rings. The predicted octanol–water partition coefficient (Wildman–Crippen LogP) is 5.55. The average Bonchev–Trinajstić information content (AvgIpc) is 3.79. The van der Waals surface area contributed by atoms with Crippen molar-refractivity contribution < 1.29 is 52.0 Å². The monoisotopic (exact) mass is 724 g/mol. The molecule has 0 amide bonds. The largest absolute Gasteiger partial charge is 0.454 e. The van der Waals surface area contributed by atoms with Crippen LogP contribution >= 0.6 is 0 Å². The normalized spacial score (nSPS) is 21.1. The summed E-state index contributed by atoms with van der Waals surface area (Å²) in [6.07, 6.45) is -3.39. The molecular formula is C40H40N2O11. The number of ether oxygens (including phenoxy) is 5. The fourth-order valence-corrected chi connectivity index (χ4v) is 6.21. The van der Waals surface area contributed by atoms with Gasteiger partial charge in [-0.15, -0.1) is 13.2 Å². The third-order valence-electron chi connectivity index (χ3n) is 8.85. The van der Waals surface area contributed by atoms with Gasteiger partial charge < -0.3 is 37.6 Å². The van der Waals surface area contributed by atoms with E-state index in [1.807, 2.05) is 24.3 Å². The van der Waals surface area contributed by atoms with Crippen LogP contribution in [0.15, 0.2) is 113 Å². The van der Waals surface area contributed by atoms with Crippen LogP contribution in [0.1, 0.15) is 35.0 Å². The molecule has 0 aliphatic carbocycles. The van der Waals surface area contributed by atoms with Crippen LogP contribution in [0.4, 0.5) is 0 Å². The van der Waals surface area contributed by atoms with Crippen molar-refractivity contribution in [2.75, 3.05) is 13.7 Å². The Kier molecular flexibility index (Phi) is 12.1. The van der Waals surface area contributed by atoms with Gasteiger partial charge in [0.2, 0.25) is 0 Å². The first-order chi connectivity index (χ1) is 25.8. The van der Waals surface area contributed by atoms with Crippen LogP contribution in [0.2, 0.25) is 0 Å². The zero-order chi connectivity index (χ0) is 37.3. The van der Waals surface area contributed by atoms with Crippen LogP contribution in [-0.2, 0) is 46.1 Å². The maximum Gasteiger partial charge on any atom is 0.338 e. The zero-order valence-corrected chi connectivity index (χ0v) is 29.1. The van der Waals surface area contributed by atoms with Crippen molar-refractivity contribution in [2.24, 2.45) is 11.8 Å². The van der Waals surface area contributed by atoms with Crippen molar-refractivity contribution >= 4 is 40.1 Å². The Morgan fingerprint density at radius 2 is 1.25 bits per heavy atom. The van der Waals surface area contributed by atoms with Crippen molar-refractivity contribution in [3.05, 3.63) is 122 Å². The van der Waals surface area contributed by atoms with Crippen molar-refractivity contribution in [1.82, 2.24) is 9.97 Å². The van der Waals surface area contributed by atoms with Gasteiger partial charge in [0, 0.05) is 20.0 Å². The number of methoxy groups -OCH3 is 1. The highest BCUT2D eigenvalue weighted by atomic mass is 16.7. The number of esters is 3. The summed E-state index contributed by atoms with van der Waals surface area (Å²) in [6, 6.07) is 22.5. The summed E-state index contributed by atoms with van der Waals surface area (Å²) in [5, 5.41) is 10.4. The number of oxazole rings is 2. The fraction of sp³-hybridized carbons (Fsp3) is 0.325. The molecule has 0 saturated carbocycles. The maximum absolute atomic E-state index is 14.1. The van der Waals surface area contributed by atoms with Crippen LogP contribution in [0.5, 0.6) is 0 Å². The first kappa shape index (κ1) is 37.1. The topological polar surface area (TPSA) is 170 Å². The molecule has 1 N–H and O–H groups in total. The Balaban J connectivity index is 1.31. The molecule has 1 saturated heterocycles. The summed E-state index contributed by atoms with van der Waals surface area (Å²) in [5.41, 5.74) is 2.56. The fourth-order valence-electron chi connectivity index (χ4n) is 6.21. The number of hydrogen-bond donors (Lipinski definition) is 1. The number of carbonyl (C=O) groups excluding carboxylic acids is 3. The van der Waals surface area contributed by atoms with E-state index in [0.717, 1.165) is 0 Å². The highest BCUT2D eigenvalue weighted by Gasteiger charge is 2.53. The quantitative estimate of drug-likeness (QED) is 0.0764. The van der Waals surface area contributed by atoms with E-state index in [2.05, 4.69) is 23.1 Å². The SMILES string of the molecule is C=CC[C@H](Cc1nc2ccccc2o1)C(=O)O[C@@H]1[C@@H](OC(=O)[C@H](CC=C)Cc2nc3ccccc3o2)[C@@H](OC)O[C@H](CO)[C@H]1OC(=O)c1ccccc1. The lowest BCUT2D eigenvalue weighted by atomic mass is 9.96. The van der Waals surface area contributed by atoms with Gasteiger partial charge in [-0.25, -0.2) is 14.8 Å². The second kappa shape index (κ2) is 17.3. The summed E-state index contributed by atoms with van der Waals surface area (Å²) in [4.78, 5) is 50.5. The Bertz CT molecular complexity index is 1970. The van der Waals surface area contributed by atoms with Gasteiger partial charge in [-0.05, 0) is 49.2 Å². The van der Waals surface area contributed by atoms with Crippen LogP contribution in [0.3, 0.4) is 0 Å². The Morgan fingerprint density at radius 3 is 1.74 bits per heavy atom. The smallest absolute Gasteiger partial charge is 0.338 e. The molecule has 276 valence electrons. The molecule has 6 rings (SSSR count). The van der Waals surface area contributed by atoms with Gasteiger partial charge in [-0.2, -0.15) is 0 Å². The van der Waals surface area contributed by atoms with E-state index >= 15 is 0 Å². The van der Waals surface area contributed by atoms with Crippen molar-refractivity contribution in [3.63, 3.8) is 0 Å². The number of nitrogens with zero attached hydrogens (tertiary/aromatic N) is 2. The average molecular weight is 725 g/mol. The lowest BCUT2D eigenvalue weighted by Gasteiger charge is -2.44. The number of hydrogen-bond acceptors (Lipinski definition) is 13. The highest BCUT2D eigenvalue weighted by Crippen LogP contribution is 2.32. The Labute approximate surface area is 305 Å². The number of aromatic nitrogens is 2. The molecule has 53 heavy (non-hydrogen) atoms. The van der Waals surface area contributed by atoms with E-state index in [4.69, 9.17) is 32.5 Å². The molecule has 0 spiro atoms.